The van der Waals surface area contributed by atoms with Crippen molar-refractivity contribution >= 4 is 23.2 Å². The number of benzene rings is 5. The third-order valence-corrected chi connectivity index (χ3v) is 8.94. The fourth-order valence-corrected chi connectivity index (χ4v) is 6.46. The molecule has 5 aromatic carbocycles. The van der Waals surface area contributed by atoms with Gasteiger partial charge in [0.2, 0.25) is 5.91 Å². The van der Waals surface area contributed by atoms with Gasteiger partial charge in [0, 0.05) is 48.4 Å². The van der Waals surface area contributed by atoms with Gasteiger partial charge >= 0.3 is 0 Å². The Bertz CT molecular complexity index is 1760. The molecule has 1 aliphatic rings. The van der Waals surface area contributed by atoms with Crippen molar-refractivity contribution in [3.63, 3.8) is 0 Å². The number of piperidine rings is 1. The van der Waals surface area contributed by atoms with Crippen LogP contribution in [0.3, 0.4) is 0 Å². The maximum atomic E-state index is 13.6. The van der Waals surface area contributed by atoms with Crippen molar-refractivity contribution in [2.75, 3.05) is 18.0 Å². The first-order valence-electron chi connectivity index (χ1n) is 16.0. The van der Waals surface area contributed by atoms with E-state index in [2.05, 4.69) is 34.5 Å². The van der Waals surface area contributed by atoms with Crippen molar-refractivity contribution in [1.29, 1.82) is 0 Å². The van der Waals surface area contributed by atoms with E-state index in [1.807, 2.05) is 78.9 Å². The van der Waals surface area contributed by atoms with Crippen molar-refractivity contribution in [1.82, 2.24) is 5.32 Å². The lowest BCUT2D eigenvalue weighted by molar-refractivity contribution is -0.124. The summed E-state index contributed by atoms with van der Waals surface area (Å²) in [5, 5.41) is 3.19. The summed E-state index contributed by atoms with van der Waals surface area (Å²) in [6, 6.07) is 44.4. The topological polar surface area (TPSA) is 66.5 Å². The van der Waals surface area contributed by atoms with Crippen LogP contribution in [-0.2, 0) is 17.8 Å². The van der Waals surface area contributed by atoms with Crippen LogP contribution in [0.15, 0.2) is 140 Å². The summed E-state index contributed by atoms with van der Waals surface area (Å²) in [7, 11) is 0. The molecule has 0 aromatic heterocycles. The Morgan fingerprint density at radius 2 is 1.20 bits per heavy atom. The molecule has 230 valence electrons. The van der Waals surface area contributed by atoms with Gasteiger partial charge in [0.15, 0.2) is 11.6 Å². The average molecular weight is 607 g/mol. The van der Waals surface area contributed by atoms with Gasteiger partial charge in [0.25, 0.3) is 0 Å². The molecule has 5 heteroatoms. The van der Waals surface area contributed by atoms with Gasteiger partial charge in [-0.2, -0.15) is 0 Å². The van der Waals surface area contributed by atoms with Gasteiger partial charge < -0.3 is 10.2 Å². The van der Waals surface area contributed by atoms with E-state index in [0.29, 0.717) is 23.2 Å². The van der Waals surface area contributed by atoms with Crippen LogP contribution in [0.5, 0.6) is 0 Å². The number of nitrogens with one attached hydrogen (secondary N) is 1. The van der Waals surface area contributed by atoms with Gasteiger partial charge in [0.1, 0.15) is 0 Å². The molecule has 1 atom stereocenters. The number of ketones is 2. The van der Waals surface area contributed by atoms with Crippen LogP contribution in [0.25, 0.3) is 0 Å². The minimum atomic E-state index is -0.197. The molecule has 1 unspecified atom stereocenters. The number of anilines is 1. The number of carbonyl (C=O) groups excluding carboxylic acids is 3. The molecular formula is C41H38N2O3. The molecule has 5 aromatic rings. The number of rotatable bonds is 11. The quantitative estimate of drug-likeness (QED) is 0.157. The first kappa shape index (κ1) is 30.7. The predicted octanol–water partition coefficient (Wildman–Crippen LogP) is 7.66. The van der Waals surface area contributed by atoms with E-state index in [-0.39, 0.29) is 35.7 Å². The Labute approximate surface area is 270 Å². The maximum absolute atomic E-state index is 13.6. The van der Waals surface area contributed by atoms with Gasteiger partial charge in [-0.15, -0.1) is 0 Å². The van der Waals surface area contributed by atoms with E-state index in [0.717, 1.165) is 48.3 Å². The minimum Gasteiger partial charge on any atom is -0.372 e. The minimum absolute atomic E-state index is 0.0778. The Balaban J connectivity index is 1.08. The molecule has 1 saturated heterocycles. The van der Waals surface area contributed by atoms with Crippen LogP contribution in [0.1, 0.15) is 61.7 Å². The number of carbonyl (C=O) groups is 3. The Kier molecular flexibility index (Phi) is 9.79. The molecule has 1 heterocycles. The molecule has 1 aliphatic heterocycles. The molecule has 0 saturated carbocycles. The lowest BCUT2D eigenvalue weighted by Gasteiger charge is -2.37. The number of amides is 1. The Hall–Kier alpha value is -5.29. The van der Waals surface area contributed by atoms with Crippen molar-refractivity contribution in [3.8, 4) is 0 Å². The first-order valence-corrected chi connectivity index (χ1v) is 16.0. The molecule has 6 rings (SSSR count). The van der Waals surface area contributed by atoms with E-state index in [1.54, 1.807) is 36.4 Å². The zero-order valence-corrected chi connectivity index (χ0v) is 25.8. The van der Waals surface area contributed by atoms with Gasteiger partial charge in [-0.1, -0.05) is 127 Å². The van der Waals surface area contributed by atoms with Crippen LogP contribution < -0.4 is 10.2 Å². The lowest BCUT2D eigenvalue weighted by Crippen LogP contribution is -2.40. The SMILES string of the molecule is O=C(Cc1ccc(N2CCC(C(C(=O)NCc3ccccc3)c3ccccc3)CC2)cc1)c1ccccc1C(=O)c1ccccc1. The van der Waals surface area contributed by atoms with E-state index in [9.17, 15) is 14.4 Å². The first-order chi connectivity index (χ1) is 22.6. The van der Waals surface area contributed by atoms with Crippen LogP contribution in [0.4, 0.5) is 5.69 Å². The monoisotopic (exact) mass is 606 g/mol. The second-order valence-corrected chi connectivity index (χ2v) is 11.9. The fourth-order valence-electron chi connectivity index (χ4n) is 6.46. The number of hydrogen-bond acceptors (Lipinski definition) is 4. The maximum Gasteiger partial charge on any atom is 0.228 e. The van der Waals surface area contributed by atoms with Crippen molar-refractivity contribution in [2.45, 2.75) is 31.7 Å². The summed E-state index contributed by atoms with van der Waals surface area (Å²) < 4.78 is 0. The van der Waals surface area contributed by atoms with Crippen LogP contribution >= 0.6 is 0 Å². The summed E-state index contributed by atoms with van der Waals surface area (Å²) >= 11 is 0. The molecule has 0 bridgehead atoms. The molecule has 0 spiro atoms. The third-order valence-electron chi connectivity index (χ3n) is 8.94. The van der Waals surface area contributed by atoms with Gasteiger partial charge in [-0.3, -0.25) is 14.4 Å². The smallest absolute Gasteiger partial charge is 0.228 e. The van der Waals surface area contributed by atoms with E-state index >= 15 is 0 Å². The standard InChI is InChI=1S/C41H38N2O3/c44-38(36-18-10-11-19-37(36)40(45)34-16-8-3-9-17-34)28-30-20-22-35(23-21-30)43-26-24-33(25-27-43)39(32-14-6-2-7-15-32)41(46)42-29-31-12-4-1-5-13-31/h1-23,33,39H,24-29H2,(H,42,46). The zero-order valence-electron chi connectivity index (χ0n) is 25.8. The highest BCUT2D eigenvalue weighted by molar-refractivity contribution is 6.16. The largest absolute Gasteiger partial charge is 0.372 e. The highest BCUT2D eigenvalue weighted by Crippen LogP contribution is 2.35. The number of hydrogen-bond donors (Lipinski definition) is 1. The fraction of sp³-hybridized carbons (Fsp3) is 0.195. The van der Waals surface area contributed by atoms with Crippen LogP contribution in [0.2, 0.25) is 0 Å². The van der Waals surface area contributed by atoms with Crippen LogP contribution in [0, 0.1) is 5.92 Å². The third kappa shape index (κ3) is 7.32. The molecule has 0 radical (unpaired) electrons. The highest BCUT2D eigenvalue weighted by Gasteiger charge is 2.32. The summed E-state index contributed by atoms with van der Waals surface area (Å²) in [6.45, 7) is 2.23. The normalized spacial score (nSPS) is 14.0. The highest BCUT2D eigenvalue weighted by atomic mass is 16.2. The van der Waals surface area contributed by atoms with E-state index in [1.165, 1.54) is 0 Å². The lowest BCUT2D eigenvalue weighted by atomic mass is 9.79. The summed E-state index contributed by atoms with van der Waals surface area (Å²) in [5.74, 6) is -0.103. The predicted molar refractivity (Wildman–Crippen MR) is 183 cm³/mol. The molecule has 1 amide bonds. The molecule has 5 nitrogen and oxygen atoms in total. The van der Waals surface area contributed by atoms with Crippen molar-refractivity contribution < 1.29 is 14.4 Å². The Morgan fingerprint density at radius 3 is 1.85 bits per heavy atom. The van der Waals surface area contributed by atoms with Crippen molar-refractivity contribution in [3.05, 3.63) is 173 Å². The zero-order chi connectivity index (χ0) is 31.7. The van der Waals surface area contributed by atoms with Gasteiger partial charge in [0.05, 0.1) is 5.92 Å². The van der Waals surface area contributed by atoms with E-state index < -0.39 is 0 Å². The second kappa shape index (κ2) is 14.7. The molecule has 0 aliphatic carbocycles. The van der Waals surface area contributed by atoms with Gasteiger partial charge in [-0.25, -0.2) is 0 Å². The molecule has 1 N–H and O–H groups in total. The Morgan fingerprint density at radius 1 is 0.630 bits per heavy atom. The number of Topliss-reactive ketones (excluding diaryl/α,β-unsaturated/α-hetero) is 1. The molecule has 46 heavy (non-hydrogen) atoms. The van der Waals surface area contributed by atoms with E-state index in [4.69, 9.17) is 0 Å². The molecule has 1 fully saturated rings. The number of nitrogens with zero attached hydrogens (tertiary/aromatic N) is 1. The van der Waals surface area contributed by atoms with Gasteiger partial charge in [-0.05, 0) is 47.6 Å². The van der Waals surface area contributed by atoms with Crippen LogP contribution in [-0.4, -0.2) is 30.6 Å². The second-order valence-electron chi connectivity index (χ2n) is 11.9. The average Bonchev–Trinajstić information content (AvgIpc) is 3.12. The summed E-state index contributed by atoms with van der Waals surface area (Å²) in [4.78, 5) is 42.4. The molecular weight excluding hydrogens is 568 g/mol. The summed E-state index contributed by atoms with van der Waals surface area (Å²) in [5.41, 5.74) is 5.62. The summed E-state index contributed by atoms with van der Waals surface area (Å²) in [6.07, 6.45) is 2.04. The van der Waals surface area contributed by atoms with Crippen molar-refractivity contribution in [2.24, 2.45) is 5.92 Å².